The van der Waals surface area contributed by atoms with Crippen molar-refractivity contribution in [1.29, 1.82) is 0 Å². The van der Waals surface area contributed by atoms with Gasteiger partial charge in [0.2, 0.25) is 0 Å². The minimum absolute atomic E-state index is 0. The number of aromatic nitrogens is 4. The van der Waals surface area contributed by atoms with Crippen LogP contribution in [0.15, 0.2) is 103 Å². The number of nitrogens with one attached hydrogen (secondary N) is 4. The summed E-state index contributed by atoms with van der Waals surface area (Å²) in [6.45, 7) is 8.35. The van der Waals surface area contributed by atoms with Crippen molar-refractivity contribution in [2.24, 2.45) is 5.92 Å². The van der Waals surface area contributed by atoms with Gasteiger partial charge in [0.25, 0.3) is 0 Å². The molecule has 1 aliphatic carbocycles. The van der Waals surface area contributed by atoms with Crippen LogP contribution in [0.25, 0.3) is 65.4 Å². The molecule has 6 nitrogen and oxygen atoms in total. The van der Waals surface area contributed by atoms with Crippen LogP contribution in [0, 0.1) is 19.8 Å². The van der Waals surface area contributed by atoms with E-state index in [0.717, 1.165) is 22.1 Å². The van der Waals surface area contributed by atoms with Crippen LogP contribution in [0.1, 0.15) is 71.1 Å². The molecule has 50 heavy (non-hydrogen) atoms. The Morgan fingerprint density at radius 1 is 0.700 bits per heavy atom. The third-order valence-corrected chi connectivity index (χ3v) is 10.3. The molecule has 0 aliphatic heterocycles. The van der Waals surface area contributed by atoms with Gasteiger partial charge >= 0.3 is 5.97 Å². The first-order valence-corrected chi connectivity index (χ1v) is 17.7. The molecule has 6 heteroatoms. The summed E-state index contributed by atoms with van der Waals surface area (Å²) in [7, 11) is 1.45. The normalized spacial score (nSPS) is 13.5. The van der Waals surface area contributed by atoms with Crippen LogP contribution in [-0.2, 0) is 4.74 Å². The SMILES string of the molecule is CC.COC(=O)c1c(C(c2c[nH]c3ccccc23)C2CC2)[nH]c2ccccc12.Cc1ccc2c(c1)[nH]c1c(C)c3c(cc12)[nH]c1ccccc13.[HH].[HH].[HH].[HH]. The van der Waals surface area contributed by atoms with Gasteiger partial charge < -0.3 is 24.7 Å². The number of rotatable bonds is 4. The third kappa shape index (κ3) is 5.14. The Hall–Kier alpha value is -5.75. The van der Waals surface area contributed by atoms with Gasteiger partial charge in [-0.1, -0.05) is 80.6 Å². The maximum atomic E-state index is 12.6. The summed E-state index contributed by atoms with van der Waals surface area (Å²) >= 11 is 0. The predicted molar refractivity (Wildman–Crippen MR) is 217 cm³/mol. The molecule has 1 fully saturated rings. The number of carbonyl (C=O) groups is 1. The molecule has 0 radical (unpaired) electrons. The van der Waals surface area contributed by atoms with E-state index in [0.29, 0.717) is 11.5 Å². The van der Waals surface area contributed by atoms with E-state index in [9.17, 15) is 4.79 Å². The monoisotopic (exact) mass is 666 g/mol. The van der Waals surface area contributed by atoms with E-state index in [2.05, 4.69) is 107 Å². The van der Waals surface area contributed by atoms with E-state index in [1.165, 1.54) is 85.6 Å². The summed E-state index contributed by atoms with van der Waals surface area (Å²) in [5.41, 5.74) is 12.5. The Balaban J connectivity index is 0.000000217. The zero-order chi connectivity index (χ0) is 34.5. The highest BCUT2D eigenvalue weighted by molar-refractivity contribution is 6.19. The molecule has 1 saturated carbocycles. The molecule has 5 aromatic carbocycles. The molecule has 0 amide bonds. The highest BCUT2D eigenvalue weighted by Gasteiger charge is 2.38. The standard InChI is InChI=1S/C22H20N2O2.C20H16N2.C2H6.4H2/c1-26-22(25)20-15-7-3-5-9-18(15)24-21(20)19(13-10-11-13)16-12-23-17-8-4-2-6-14(16)17;1-11-7-8-13-15-10-18-19(12(2)20(15)22-17(13)9-11)14-5-3-4-6-16(14)21-18;1-2;;;;/h2-9,12-13,19,23-24H,10-11H2,1H3;3-10,21-22H,1-2H3;1-2H3;4*1H. The third-order valence-electron chi connectivity index (χ3n) is 10.3. The number of esters is 1. The molecule has 9 aromatic rings. The second-order valence-electron chi connectivity index (χ2n) is 13.2. The number of methoxy groups -OCH3 is 1. The van der Waals surface area contributed by atoms with Crippen LogP contribution in [0.5, 0.6) is 0 Å². The van der Waals surface area contributed by atoms with Crippen molar-refractivity contribution in [3.8, 4) is 0 Å². The molecule has 4 aromatic heterocycles. The number of fused-ring (bicyclic) bond motifs is 8. The van der Waals surface area contributed by atoms with Gasteiger partial charge in [0, 0.05) is 83.4 Å². The molecule has 10 rings (SSSR count). The van der Waals surface area contributed by atoms with E-state index in [4.69, 9.17) is 4.74 Å². The number of carbonyl (C=O) groups excluding carboxylic acids is 1. The molecular formula is C44H50N4O2. The highest BCUT2D eigenvalue weighted by atomic mass is 16.5. The second-order valence-corrected chi connectivity index (χ2v) is 13.2. The van der Waals surface area contributed by atoms with Crippen LogP contribution < -0.4 is 0 Å². The fraction of sp³-hybridized carbons (Fsp3) is 0.205. The topological polar surface area (TPSA) is 89.5 Å². The fourth-order valence-electron chi connectivity index (χ4n) is 7.87. The average Bonchev–Trinajstić information content (AvgIpc) is 3.45. The summed E-state index contributed by atoms with van der Waals surface area (Å²) in [5, 5.41) is 7.37. The molecule has 0 spiro atoms. The lowest BCUT2D eigenvalue weighted by Gasteiger charge is -2.16. The first kappa shape index (κ1) is 31.5. The van der Waals surface area contributed by atoms with Crippen molar-refractivity contribution in [2.75, 3.05) is 7.11 Å². The first-order valence-electron chi connectivity index (χ1n) is 17.7. The number of benzene rings is 5. The van der Waals surface area contributed by atoms with Gasteiger partial charge in [-0.15, -0.1) is 0 Å². The summed E-state index contributed by atoms with van der Waals surface area (Å²) in [6.07, 6.45) is 4.46. The van der Waals surface area contributed by atoms with Crippen LogP contribution in [0.4, 0.5) is 0 Å². The van der Waals surface area contributed by atoms with Gasteiger partial charge in [-0.25, -0.2) is 4.79 Å². The number of H-pyrrole nitrogens is 4. The maximum Gasteiger partial charge on any atom is 0.340 e. The fourth-order valence-corrected chi connectivity index (χ4v) is 7.87. The van der Waals surface area contributed by atoms with Crippen LogP contribution in [0.2, 0.25) is 0 Å². The minimum Gasteiger partial charge on any atom is -0.465 e. The van der Waals surface area contributed by atoms with E-state index in [1.807, 2.05) is 44.2 Å². The summed E-state index contributed by atoms with van der Waals surface area (Å²) in [6, 6.07) is 33.7. The maximum absolute atomic E-state index is 12.6. The van der Waals surface area contributed by atoms with Crippen molar-refractivity contribution in [2.45, 2.75) is 46.5 Å². The van der Waals surface area contributed by atoms with Gasteiger partial charge in [0.05, 0.1) is 18.2 Å². The van der Waals surface area contributed by atoms with Gasteiger partial charge in [0.15, 0.2) is 0 Å². The van der Waals surface area contributed by atoms with Crippen molar-refractivity contribution < 1.29 is 15.2 Å². The van der Waals surface area contributed by atoms with Crippen molar-refractivity contribution in [1.82, 2.24) is 19.9 Å². The van der Waals surface area contributed by atoms with Crippen molar-refractivity contribution in [3.05, 3.63) is 131 Å². The van der Waals surface area contributed by atoms with E-state index >= 15 is 0 Å². The number of para-hydroxylation sites is 3. The molecule has 1 aliphatic rings. The quantitative estimate of drug-likeness (QED) is 0.141. The first-order chi connectivity index (χ1) is 24.5. The van der Waals surface area contributed by atoms with Gasteiger partial charge in [0.1, 0.15) is 0 Å². The number of aryl methyl sites for hydroxylation is 2. The van der Waals surface area contributed by atoms with E-state index in [1.54, 1.807) is 0 Å². The number of hydrogen-bond acceptors (Lipinski definition) is 2. The number of ether oxygens (including phenoxy) is 1. The summed E-state index contributed by atoms with van der Waals surface area (Å²) in [4.78, 5) is 26.7. The van der Waals surface area contributed by atoms with Crippen LogP contribution in [0.3, 0.4) is 0 Å². The van der Waals surface area contributed by atoms with Gasteiger partial charge in [-0.05, 0) is 79.6 Å². The zero-order valence-electron chi connectivity index (χ0n) is 29.2. The average molecular weight is 667 g/mol. The molecule has 1 atom stereocenters. The minimum atomic E-state index is -0.275. The smallest absolute Gasteiger partial charge is 0.340 e. The van der Waals surface area contributed by atoms with Gasteiger partial charge in [-0.3, -0.25) is 0 Å². The Morgan fingerprint density at radius 3 is 2.08 bits per heavy atom. The molecule has 0 saturated heterocycles. The second kappa shape index (κ2) is 12.6. The largest absolute Gasteiger partial charge is 0.465 e. The number of aromatic amines is 4. The molecular weight excluding hydrogens is 617 g/mol. The summed E-state index contributed by atoms with van der Waals surface area (Å²) < 4.78 is 5.13. The van der Waals surface area contributed by atoms with Crippen LogP contribution in [-0.4, -0.2) is 33.0 Å². The molecule has 258 valence electrons. The Kier molecular flexibility index (Phi) is 7.95. The summed E-state index contributed by atoms with van der Waals surface area (Å²) in [5.74, 6) is 0.432. The van der Waals surface area contributed by atoms with E-state index < -0.39 is 0 Å². The molecule has 0 bridgehead atoms. The highest BCUT2D eigenvalue weighted by Crippen LogP contribution is 2.49. The van der Waals surface area contributed by atoms with Crippen molar-refractivity contribution in [3.63, 3.8) is 0 Å². The lowest BCUT2D eigenvalue weighted by atomic mass is 9.88. The molecule has 4 heterocycles. The Morgan fingerprint density at radius 2 is 1.36 bits per heavy atom. The predicted octanol–water partition coefficient (Wildman–Crippen LogP) is 12.6. The van der Waals surface area contributed by atoms with E-state index in [-0.39, 0.29) is 17.6 Å². The number of hydrogen-bond donors (Lipinski definition) is 4. The van der Waals surface area contributed by atoms with Crippen molar-refractivity contribution >= 4 is 71.4 Å². The van der Waals surface area contributed by atoms with Gasteiger partial charge in [-0.2, -0.15) is 0 Å². The molecule has 1 unspecified atom stereocenters. The zero-order valence-corrected chi connectivity index (χ0v) is 29.2. The Labute approximate surface area is 296 Å². The lowest BCUT2D eigenvalue weighted by Crippen LogP contribution is -2.11. The Bertz CT molecular complexity index is 2700. The lowest BCUT2D eigenvalue weighted by molar-refractivity contribution is 0.0601. The van der Waals surface area contributed by atoms with Crippen LogP contribution >= 0.6 is 0 Å². The molecule has 4 N–H and O–H groups in total.